The van der Waals surface area contributed by atoms with Crippen LogP contribution < -0.4 is 0 Å². The molecule has 0 fully saturated rings. The topological polar surface area (TPSA) is 28.9 Å². The van der Waals surface area contributed by atoms with Crippen LogP contribution in [-0.4, -0.2) is 4.98 Å². The normalized spacial score (nSPS) is 13.3. The lowest BCUT2D eigenvalue weighted by molar-refractivity contribution is 0.559. The summed E-state index contributed by atoms with van der Waals surface area (Å²) in [5.41, 5.74) is 6.70. The SMILES string of the molecule is CC(C)(C)c1cc(C(C)(C)C)c2oc3c(ccc4[nH]c5cc(Cl)ccc5c43)c2c1. The van der Waals surface area contributed by atoms with Gasteiger partial charge in [0.2, 0.25) is 0 Å². The number of rotatable bonds is 0. The van der Waals surface area contributed by atoms with Gasteiger partial charge >= 0.3 is 0 Å². The third kappa shape index (κ3) is 2.77. The summed E-state index contributed by atoms with van der Waals surface area (Å²) in [4.78, 5) is 3.49. The van der Waals surface area contributed by atoms with E-state index in [1.54, 1.807) is 0 Å². The van der Waals surface area contributed by atoms with Crippen molar-refractivity contribution in [1.29, 1.82) is 0 Å². The summed E-state index contributed by atoms with van der Waals surface area (Å²) in [5, 5.41) is 5.36. The zero-order chi connectivity index (χ0) is 20.7. The Bertz CT molecular complexity index is 1420. The predicted molar refractivity (Wildman–Crippen MR) is 125 cm³/mol. The second kappa shape index (κ2) is 5.79. The highest BCUT2D eigenvalue weighted by Crippen LogP contribution is 2.43. The van der Waals surface area contributed by atoms with E-state index in [2.05, 4.69) is 76.9 Å². The number of hydrogen-bond acceptors (Lipinski definition) is 1. The Balaban J connectivity index is 1.99. The average Bonchev–Trinajstić information content (AvgIpc) is 3.15. The van der Waals surface area contributed by atoms with Gasteiger partial charge in [0.05, 0.1) is 10.9 Å². The van der Waals surface area contributed by atoms with Crippen LogP contribution in [0.5, 0.6) is 0 Å². The fourth-order valence-corrected chi connectivity index (χ4v) is 4.46. The van der Waals surface area contributed by atoms with E-state index in [9.17, 15) is 0 Å². The van der Waals surface area contributed by atoms with Gasteiger partial charge in [-0.1, -0.05) is 65.3 Å². The smallest absolute Gasteiger partial charge is 0.145 e. The Morgan fingerprint density at radius 1 is 0.724 bits per heavy atom. The first-order chi connectivity index (χ1) is 13.5. The van der Waals surface area contributed by atoms with E-state index in [1.165, 1.54) is 21.9 Å². The predicted octanol–water partition coefficient (Wildman–Crippen LogP) is 8.47. The summed E-state index contributed by atoms with van der Waals surface area (Å²) < 4.78 is 6.63. The molecular weight excluding hydrogens is 378 g/mol. The number of hydrogen-bond donors (Lipinski definition) is 1. The van der Waals surface area contributed by atoms with Gasteiger partial charge in [0, 0.05) is 32.3 Å². The van der Waals surface area contributed by atoms with E-state index >= 15 is 0 Å². The molecule has 0 saturated carbocycles. The molecular formula is C26H26ClNO. The Labute approximate surface area is 175 Å². The summed E-state index contributed by atoms with van der Waals surface area (Å²) in [6.45, 7) is 13.6. The standard InChI is InChI=1S/C26H26ClNO/c1-25(2,3)14-11-18-16-9-10-20-22(17-8-7-15(27)13-21(17)28-20)24(16)29-23(18)19(12-14)26(4,5)6/h7-13,28H,1-6H3. The summed E-state index contributed by atoms with van der Waals surface area (Å²) in [5.74, 6) is 0. The Morgan fingerprint density at radius 2 is 1.45 bits per heavy atom. The highest BCUT2D eigenvalue weighted by atomic mass is 35.5. The van der Waals surface area contributed by atoms with Crippen LogP contribution in [0.4, 0.5) is 0 Å². The van der Waals surface area contributed by atoms with Crippen molar-refractivity contribution in [2.45, 2.75) is 52.4 Å². The van der Waals surface area contributed by atoms with Crippen molar-refractivity contribution < 1.29 is 4.42 Å². The first-order valence-electron chi connectivity index (χ1n) is 10.2. The molecule has 148 valence electrons. The van der Waals surface area contributed by atoms with Gasteiger partial charge in [-0.2, -0.15) is 0 Å². The maximum atomic E-state index is 6.63. The van der Waals surface area contributed by atoms with Gasteiger partial charge in [0.15, 0.2) is 0 Å². The number of aromatic nitrogens is 1. The molecule has 0 spiro atoms. The average molecular weight is 404 g/mol. The lowest BCUT2D eigenvalue weighted by Crippen LogP contribution is -2.16. The fraction of sp³-hybridized carbons (Fsp3) is 0.308. The maximum Gasteiger partial charge on any atom is 0.145 e. The Kier molecular flexibility index (Phi) is 3.71. The van der Waals surface area contributed by atoms with Crippen molar-refractivity contribution >= 4 is 55.3 Å². The van der Waals surface area contributed by atoms with Crippen LogP contribution >= 0.6 is 11.6 Å². The Hall–Kier alpha value is -2.45. The lowest BCUT2D eigenvalue weighted by Gasteiger charge is -2.25. The van der Waals surface area contributed by atoms with Crippen LogP contribution in [0.2, 0.25) is 5.02 Å². The summed E-state index contributed by atoms with van der Waals surface area (Å²) in [6, 6.07) is 15.0. The number of nitrogens with one attached hydrogen (secondary N) is 1. The van der Waals surface area contributed by atoms with Crippen LogP contribution in [0.25, 0.3) is 43.7 Å². The van der Waals surface area contributed by atoms with Gasteiger partial charge in [-0.05, 0) is 46.7 Å². The minimum Gasteiger partial charge on any atom is -0.455 e. The summed E-state index contributed by atoms with van der Waals surface area (Å²) in [6.07, 6.45) is 0. The van der Waals surface area contributed by atoms with Crippen molar-refractivity contribution in [3.8, 4) is 0 Å². The molecule has 2 aromatic heterocycles. The number of furan rings is 1. The molecule has 3 aromatic carbocycles. The number of benzene rings is 3. The van der Waals surface area contributed by atoms with Crippen molar-refractivity contribution in [3.63, 3.8) is 0 Å². The van der Waals surface area contributed by atoms with Gasteiger partial charge in [-0.25, -0.2) is 0 Å². The van der Waals surface area contributed by atoms with Crippen LogP contribution in [0.15, 0.2) is 46.9 Å². The van der Waals surface area contributed by atoms with E-state index in [4.69, 9.17) is 16.0 Å². The molecule has 5 aromatic rings. The first-order valence-corrected chi connectivity index (χ1v) is 10.5. The number of halogens is 1. The number of fused-ring (bicyclic) bond motifs is 7. The lowest BCUT2D eigenvalue weighted by atomic mass is 9.79. The second-order valence-electron chi connectivity index (χ2n) is 10.2. The minimum atomic E-state index is -0.0136. The molecule has 2 nitrogen and oxygen atoms in total. The highest BCUT2D eigenvalue weighted by Gasteiger charge is 2.26. The quantitative estimate of drug-likeness (QED) is 0.276. The van der Waals surface area contributed by atoms with E-state index in [1.807, 2.05) is 12.1 Å². The third-order valence-electron chi connectivity index (χ3n) is 5.94. The molecule has 3 heteroatoms. The minimum absolute atomic E-state index is 0.0136. The highest BCUT2D eigenvalue weighted by molar-refractivity contribution is 6.32. The molecule has 1 N–H and O–H groups in total. The first kappa shape index (κ1) is 18.6. The van der Waals surface area contributed by atoms with E-state index in [0.717, 1.165) is 38.0 Å². The third-order valence-corrected chi connectivity index (χ3v) is 6.17. The molecule has 0 saturated heterocycles. The van der Waals surface area contributed by atoms with Crippen LogP contribution in [-0.2, 0) is 10.8 Å². The van der Waals surface area contributed by atoms with Crippen LogP contribution in [0.1, 0.15) is 52.7 Å². The van der Waals surface area contributed by atoms with E-state index < -0.39 is 0 Å². The molecule has 0 bridgehead atoms. The van der Waals surface area contributed by atoms with Gasteiger partial charge in [0.1, 0.15) is 11.2 Å². The van der Waals surface area contributed by atoms with Crippen LogP contribution in [0, 0.1) is 0 Å². The number of aromatic amines is 1. The zero-order valence-electron chi connectivity index (χ0n) is 17.8. The van der Waals surface area contributed by atoms with Crippen molar-refractivity contribution in [2.24, 2.45) is 0 Å². The van der Waals surface area contributed by atoms with Gasteiger partial charge in [-0.15, -0.1) is 0 Å². The molecule has 2 heterocycles. The summed E-state index contributed by atoms with van der Waals surface area (Å²) >= 11 is 6.22. The molecule has 29 heavy (non-hydrogen) atoms. The molecule has 5 rings (SSSR count). The van der Waals surface area contributed by atoms with Crippen molar-refractivity contribution in [3.05, 3.63) is 58.6 Å². The molecule has 0 radical (unpaired) electrons. The summed E-state index contributed by atoms with van der Waals surface area (Å²) in [7, 11) is 0. The second-order valence-corrected chi connectivity index (χ2v) is 10.6. The Morgan fingerprint density at radius 3 is 2.14 bits per heavy atom. The molecule has 0 aliphatic rings. The monoisotopic (exact) mass is 403 g/mol. The molecule has 0 aliphatic heterocycles. The number of H-pyrrole nitrogens is 1. The van der Waals surface area contributed by atoms with Crippen molar-refractivity contribution in [1.82, 2.24) is 4.98 Å². The fourth-order valence-electron chi connectivity index (χ4n) is 4.29. The van der Waals surface area contributed by atoms with Crippen molar-refractivity contribution in [2.75, 3.05) is 0 Å². The van der Waals surface area contributed by atoms with E-state index in [-0.39, 0.29) is 10.8 Å². The van der Waals surface area contributed by atoms with Gasteiger partial charge in [0.25, 0.3) is 0 Å². The van der Waals surface area contributed by atoms with Gasteiger partial charge in [-0.3, -0.25) is 0 Å². The molecule has 0 aliphatic carbocycles. The van der Waals surface area contributed by atoms with Crippen LogP contribution in [0.3, 0.4) is 0 Å². The zero-order valence-corrected chi connectivity index (χ0v) is 18.6. The van der Waals surface area contributed by atoms with E-state index in [0.29, 0.717) is 0 Å². The maximum absolute atomic E-state index is 6.63. The molecule has 0 amide bonds. The largest absolute Gasteiger partial charge is 0.455 e. The molecule has 0 atom stereocenters. The van der Waals surface area contributed by atoms with Gasteiger partial charge < -0.3 is 9.40 Å². The molecule has 0 unspecified atom stereocenters.